The Morgan fingerprint density at radius 3 is 2.52 bits per heavy atom. The standard InChI is InChI=1S/C16H15F2NOS/c1-11(12-7-8-14(17)15(18)9-12)19-16(20)10-21-13-5-3-2-4-6-13/h2-9,11H,10H2,1H3,(H,19,20). The van der Waals surface area contributed by atoms with Gasteiger partial charge in [0.2, 0.25) is 5.91 Å². The van der Waals surface area contributed by atoms with Crippen molar-refractivity contribution in [2.45, 2.75) is 17.9 Å². The third-order valence-corrected chi connectivity index (χ3v) is 3.95. The van der Waals surface area contributed by atoms with Crippen LogP contribution in [-0.2, 0) is 4.79 Å². The number of benzene rings is 2. The summed E-state index contributed by atoms with van der Waals surface area (Å²) < 4.78 is 26.0. The monoisotopic (exact) mass is 307 g/mol. The largest absolute Gasteiger partial charge is 0.349 e. The molecule has 0 aliphatic heterocycles. The quantitative estimate of drug-likeness (QED) is 0.848. The number of thioether (sulfide) groups is 1. The van der Waals surface area contributed by atoms with Crippen LogP contribution in [-0.4, -0.2) is 11.7 Å². The van der Waals surface area contributed by atoms with Gasteiger partial charge in [0.1, 0.15) is 0 Å². The smallest absolute Gasteiger partial charge is 0.230 e. The van der Waals surface area contributed by atoms with Gasteiger partial charge in [0, 0.05) is 4.90 Å². The highest BCUT2D eigenvalue weighted by Gasteiger charge is 2.12. The summed E-state index contributed by atoms with van der Waals surface area (Å²) >= 11 is 1.43. The molecule has 0 aliphatic carbocycles. The van der Waals surface area contributed by atoms with Crippen molar-refractivity contribution in [3.05, 3.63) is 65.7 Å². The van der Waals surface area contributed by atoms with Gasteiger partial charge in [-0.05, 0) is 36.8 Å². The molecule has 2 rings (SSSR count). The van der Waals surface area contributed by atoms with Crippen molar-refractivity contribution in [2.75, 3.05) is 5.75 Å². The van der Waals surface area contributed by atoms with E-state index in [0.29, 0.717) is 5.56 Å². The Kier molecular flexibility index (Phi) is 5.33. The Morgan fingerprint density at radius 1 is 1.14 bits per heavy atom. The first-order valence-electron chi connectivity index (χ1n) is 6.48. The maximum absolute atomic E-state index is 13.2. The lowest BCUT2D eigenvalue weighted by atomic mass is 10.1. The topological polar surface area (TPSA) is 29.1 Å². The average Bonchev–Trinajstić information content (AvgIpc) is 2.49. The molecule has 1 atom stereocenters. The molecule has 1 unspecified atom stereocenters. The van der Waals surface area contributed by atoms with Crippen LogP contribution in [0, 0.1) is 11.6 Å². The Bertz CT molecular complexity index is 619. The van der Waals surface area contributed by atoms with Gasteiger partial charge in [-0.15, -0.1) is 11.8 Å². The molecule has 0 spiro atoms. The van der Waals surface area contributed by atoms with Crippen LogP contribution < -0.4 is 5.32 Å². The first kappa shape index (κ1) is 15.5. The second-order valence-electron chi connectivity index (χ2n) is 4.56. The van der Waals surface area contributed by atoms with Crippen molar-refractivity contribution in [2.24, 2.45) is 0 Å². The van der Waals surface area contributed by atoms with Crippen molar-refractivity contribution >= 4 is 17.7 Å². The van der Waals surface area contributed by atoms with E-state index in [1.54, 1.807) is 6.92 Å². The summed E-state index contributed by atoms with van der Waals surface area (Å²) in [5, 5.41) is 2.76. The van der Waals surface area contributed by atoms with E-state index in [2.05, 4.69) is 5.32 Å². The summed E-state index contributed by atoms with van der Waals surface area (Å²) in [4.78, 5) is 12.9. The minimum Gasteiger partial charge on any atom is -0.349 e. The molecule has 0 bridgehead atoms. The summed E-state index contributed by atoms with van der Waals surface area (Å²) in [7, 11) is 0. The predicted molar refractivity (Wildman–Crippen MR) is 80.1 cm³/mol. The molecule has 110 valence electrons. The minimum absolute atomic E-state index is 0.152. The molecule has 1 amide bonds. The molecule has 0 aromatic heterocycles. The number of carbonyl (C=O) groups is 1. The zero-order valence-electron chi connectivity index (χ0n) is 11.5. The SMILES string of the molecule is CC(NC(=O)CSc1ccccc1)c1ccc(F)c(F)c1. The zero-order chi connectivity index (χ0) is 15.2. The molecule has 0 fully saturated rings. The van der Waals surface area contributed by atoms with E-state index in [9.17, 15) is 13.6 Å². The van der Waals surface area contributed by atoms with Gasteiger partial charge < -0.3 is 5.32 Å². The van der Waals surface area contributed by atoms with Crippen LogP contribution in [0.25, 0.3) is 0 Å². The summed E-state index contributed by atoms with van der Waals surface area (Å²) in [5.74, 6) is -1.68. The molecule has 21 heavy (non-hydrogen) atoms. The molecule has 0 radical (unpaired) electrons. The second-order valence-corrected chi connectivity index (χ2v) is 5.61. The molecule has 1 N–H and O–H groups in total. The lowest BCUT2D eigenvalue weighted by Gasteiger charge is -2.14. The van der Waals surface area contributed by atoms with Gasteiger partial charge in [-0.1, -0.05) is 24.3 Å². The minimum atomic E-state index is -0.910. The first-order chi connectivity index (χ1) is 10.1. The fourth-order valence-electron chi connectivity index (χ4n) is 1.81. The number of amides is 1. The van der Waals surface area contributed by atoms with E-state index in [1.807, 2.05) is 30.3 Å². The van der Waals surface area contributed by atoms with Gasteiger partial charge in [0.05, 0.1) is 11.8 Å². The number of halogens is 2. The van der Waals surface area contributed by atoms with E-state index in [4.69, 9.17) is 0 Å². The molecular formula is C16H15F2NOS. The fourth-order valence-corrected chi connectivity index (χ4v) is 2.54. The molecule has 0 aliphatic rings. The highest BCUT2D eigenvalue weighted by atomic mass is 32.2. The van der Waals surface area contributed by atoms with Gasteiger partial charge in [-0.3, -0.25) is 4.79 Å². The molecule has 0 saturated heterocycles. The molecule has 5 heteroatoms. The van der Waals surface area contributed by atoms with E-state index in [-0.39, 0.29) is 17.7 Å². The highest BCUT2D eigenvalue weighted by molar-refractivity contribution is 8.00. The Hall–Kier alpha value is -1.88. The molecule has 2 aromatic carbocycles. The first-order valence-corrected chi connectivity index (χ1v) is 7.47. The Balaban J connectivity index is 1.88. The molecule has 2 aromatic rings. The van der Waals surface area contributed by atoms with E-state index >= 15 is 0 Å². The number of carbonyl (C=O) groups excluding carboxylic acids is 1. The maximum Gasteiger partial charge on any atom is 0.230 e. The van der Waals surface area contributed by atoms with Crippen LogP contribution in [0.4, 0.5) is 8.78 Å². The third kappa shape index (κ3) is 4.56. The Morgan fingerprint density at radius 2 is 1.86 bits per heavy atom. The number of nitrogens with one attached hydrogen (secondary N) is 1. The van der Waals surface area contributed by atoms with Crippen LogP contribution in [0.5, 0.6) is 0 Å². The lowest BCUT2D eigenvalue weighted by Crippen LogP contribution is -2.28. The van der Waals surface area contributed by atoms with Crippen LogP contribution in [0.3, 0.4) is 0 Å². The van der Waals surface area contributed by atoms with Gasteiger partial charge in [0.15, 0.2) is 11.6 Å². The number of rotatable bonds is 5. The van der Waals surface area contributed by atoms with Gasteiger partial charge >= 0.3 is 0 Å². The summed E-state index contributed by atoms with van der Waals surface area (Å²) in [6, 6.07) is 12.8. The van der Waals surface area contributed by atoms with Crippen molar-refractivity contribution in [1.29, 1.82) is 0 Å². The number of hydrogen-bond donors (Lipinski definition) is 1. The van der Waals surface area contributed by atoms with Crippen molar-refractivity contribution in [3.8, 4) is 0 Å². The molecule has 0 saturated carbocycles. The molecule has 2 nitrogen and oxygen atoms in total. The van der Waals surface area contributed by atoms with Crippen LogP contribution >= 0.6 is 11.8 Å². The normalized spacial score (nSPS) is 12.0. The van der Waals surface area contributed by atoms with E-state index in [0.717, 1.165) is 17.0 Å². The summed E-state index contributed by atoms with van der Waals surface area (Å²) in [6.07, 6.45) is 0. The lowest BCUT2D eigenvalue weighted by molar-refractivity contribution is -0.119. The average molecular weight is 307 g/mol. The molecular weight excluding hydrogens is 292 g/mol. The highest BCUT2D eigenvalue weighted by Crippen LogP contribution is 2.18. The van der Waals surface area contributed by atoms with Crippen LogP contribution in [0.1, 0.15) is 18.5 Å². The fraction of sp³-hybridized carbons (Fsp3) is 0.188. The summed E-state index contributed by atoms with van der Waals surface area (Å²) in [5.41, 5.74) is 0.534. The third-order valence-electron chi connectivity index (χ3n) is 2.93. The summed E-state index contributed by atoms with van der Waals surface area (Å²) in [6.45, 7) is 1.73. The van der Waals surface area contributed by atoms with E-state index < -0.39 is 11.6 Å². The second kappa shape index (κ2) is 7.22. The van der Waals surface area contributed by atoms with E-state index in [1.165, 1.54) is 17.8 Å². The van der Waals surface area contributed by atoms with Gasteiger partial charge in [0.25, 0.3) is 0 Å². The Labute approximate surface area is 126 Å². The predicted octanol–water partition coefficient (Wildman–Crippen LogP) is 3.93. The number of hydrogen-bond acceptors (Lipinski definition) is 2. The van der Waals surface area contributed by atoms with Crippen molar-refractivity contribution < 1.29 is 13.6 Å². The zero-order valence-corrected chi connectivity index (χ0v) is 12.3. The van der Waals surface area contributed by atoms with Gasteiger partial charge in [-0.2, -0.15) is 0 Å². The van der Waals surface area contributed by atoms with Crippen LogP contribution in [0.15, 0.2) is 53.4 Å². The van der Waals surface area contributed by atoms with Crippen LogP contribution in [0.2, 0.25) is 0 Å². The van der Waals surface area contributed by atoms with Crippen molar-refractivity contribution in [3.63, 3.8) is 0 Å². The van der Waals surface area contributed by atoms with Crippen molar-refractivity contribution in [1.82, 2.24) is 5.32 Å². The molecule has 0 heterocycles. The van der Waals surface area contributed by atoms with Gasteiger partial charge in [-0.25, -0.2) is 8.78 Å². The maximum atomic E-state index is 13.2.